The molecular formula is C71H138O17P2. The van der Waals surface area contributed by atoms with Crippen molar-refractivity contribution < 1.29 is 80.2 Å². The van der Waals surface area contributed by atoms with Crippen molar-refractivity contribution in [2.75, 3.05) is 39.6 Å². The van der Waals surface area contributed by atoms with Crippen LogP contribution < -0.4 is 0 Å². The minimum absolute atomic E-state index is 0.104. The number of ether oxygens (including phenoxy) is 4. The van der Waals surface area contributed by atoms with Crippen LogP contribution in [0, 0.1) is 23.7 Å². The Labute approximate surface area is 549 Å². The van der Waals surface area contributed by atoms with E-state index in [0.29, 0.717) is 25.7 Å². The largest absolute Gasteiger partial charge is 0.472 e. The van der Waals surface area contributed by atoms with E-state index in [2.05, 4.69) is 55.4 Å². The number of carbonyl (C=O) groups is 4. The predicted octanol–water partition coefficient (Wildman–Crippen LogP) is 20.1. The molecule has 0 aliphatic heterocycles. The molecule has 0 bridgehead atoms. The molecule has 0 aromatic heterocycles. The van der Waals surface area contributed by atoms with Gasteiger partial charge in [-0.15, -0.1) is 0 Å². The number of hydrogen-bond acceptors (Lipinski definition) is 15. The molecule has 0 amide bonds. The summed E-state index contributed by atoms with van der Waals surface area (Å²) in [4.78, 5) is 72.6. The lowest BCUT2D eigenvalue weighted by Gasteiger charge is -2.21. The van der Waals surface area contributed by atoms with E-state index in [1.165, 1.54) is 148 Å². The molecule has 534 valence electrons. The molecule has 3 N–H and O–H groups in total. The highest BCUT2D eigenvalue weighted by Gasteiger charge is 2.30. The van der Waals surface area contributed by atoms with Gasteiger partial charge in [0.25, 0.3) is 0 Å². The van der Waals surface area contributed by atoms with Gasteiger partial charge in [0.15, 0.2) is 12.2 Å². The van der Waals surface area contributed by atoms with Crippen molar-refractivity contribution in [3.05, 3.63) is 0 Å². The molecule has 0 saturated carbocycles. The van der Waals surface area contributed by atoms with Crippen LogP contribution in [0.25, 0.3) is 0 Å². The van der Waals surface area contributed by atoms with Gasteiger partial charge in [-0.05, 0) is 49.4 Å². The van der Waals surface area contributed by atoms with Crippen LogP contribution in [-0.4, -0.2) is 96.7 Å². The summed E-state index contributed by atoms with van der Waals surface area (Å²) in [5.74, 6) is 0.906. The molecule has 7 atom stereocenters. The SMILES string of the molecule is CCC(C)CCCCCCCCCCC(=O)O[C@H](COC(=O)CCCCCCCCC(C)CC)COP(=O)(O)OC[C@H](O)COP(=O)(O)OC[C@@H](COC(=O)CCCCCCCCCCCCC(C)C)OC(=O)CCCCCCCCCCCCCCC(C)C. The highest BCUT2D eigenvalue weighted by Crippen LogP contribution is 2.45. The smallest absolute Gasteiger partial charge is 0.462 e. The van der Waals surface area contributed by atoms with Crippen LogP contribution in [0.2, 0.25) is 0 Å². The van der Waals surface area contributed by atoms with Crippen LogP contribution in [0.1, 0.15) is 351 Å². The van der Waals surface area contributed by atoms with Gasteiger partial charge in [-0.1, -0.05) is 299 Å². The molecule has 0 aliphatic carbocycles. The number of phosphoric acid groups is 2. The predicted molar refractivity (Wildman–Crippen MR) is 363 cm³/mol. The number of esters is 4. The summed E-state index contributed by atoms with van der Waals surface area (Å²) in [5.41, 5.74) is 0. The van der Waals surface area contributed by atoms with Crippen molar-refractivity contribution in [1.82, 2.24) is 0 Å². The van der Waals surface area contributed by atoms with Crippen molar-refractivity contribution in [1.29, 1.82) is 0 Å². The van der Waals surface area contributed by atoms with E-state index in [0.717, 1.165) is 120 Å². The molecule has 0 rings (SSSR count). The maximum atomic E-state index is 13.0. The first-order valence-corrected chi connectivity index (χ1v) is 39.8. The zero-order valence-electron chi connectivity index (χ0n) is 58.8. The molecule has 0 aromatic carbocycles. The van der Waals surface area contributed by atoms with Crippen molar-refractivity contribution in [2.45, 2.75) is 369 Å². The Kier molecular flexibility index (Phi) is 59.4. The summed E-state index contributed by atoms with van der Waals surface area (Å²) >= 11 is 0. The number of aliphatic hydroxyl groups is 1. The zero-order chi connectivity index (χ0) is 66.8. The van der Waals surface area contributed by atoms with E-state index < -0.39 is 97.5 Å². The molecule has 0 fully saturated rings. The Bertz CT molecular complexity index is 1790. The normalized spacial score (nSPS) is 14.9. The second-order valence-corrected chi connectivity index (χ2v) is 30.0. The van der Waals surface area contributed by atoms with E-state index in [1.807, 2.05) is 0 Å². The molecule has 0 saturated heterocycles. The highest BCUT2D eigenvalue weighted by atomic mass is 31.2. The second kappa shape index (κ2) is 60.7. The third kappa shape index (κ3) is 62.2. The minimum Gasteiger partial charge on any atom is -0.462 e. The molecule has 0 heterocycles. The van der Waals surface area contributed by atoms with Gasteiger partial charge in [0, 0.05) is 25.7 Å². The average Bonchev–Trinajstić information content (AvgIpc) is 3.61. The average molecular weight is 1330 g/mol. The van der Waals surface area contributed by atoms with Crippen molar-refractivity contribution >= 4 is 39.5 Å². The summed E-state index contributed by atoms with van der Waals surface area (Å²) in [7, 11) is -9.91. The second-order valence-electron chi connectivity index (χ2n) is 27.1. The number of unbranched alkanes of at least 4 members (excludes halogenated alkanes) is 32. The molecule has 0 radical (unpaired) electrons. The van der Waals surface area contributed by atoms with Gasteiger partial charge >= 0.3 is 39.5 Å². The quantitative estimate of drug-likeness (QED) is 0.0222. The Balaban J connectivity index is 5.27. The fourth-order valence-electron chi connectivity index (χ4n) is 10.6. The van der Waals surface area contributed by atoms with Gasteiger partial charge in [0.2, 0.25) is 0 Å². The van der Waals surface area contributed by atoms with Gasteiger partial charge in [-0.3, -0.25) is 37.3 Å². The highest BCUT2D eigenvalue weighted by molar-refractivity contribution is 7.47. The number of aliphatic hydroxyl groups excluding tert-OH is 1. The fraction of sp³-hybridized carbons (Fsp3) is 0.944. The maximum Gasteiger partial charge on any atom is 0.472 e. The lowest BCUT2D eigenvalue weighted by molar-refractivity contribution is -0.161. The summed E-state index contributed by atoms with van der Waals surface area (Å²) < 4.78 is 68.3. The molecule has 90 heavy (non-hydrogen) atoms. The first-order valence-electron chi connectivity index (χ1n) is 36.8. The topological polar surface area (TPSA) is 237 Å². The zero-order valence-corrected chi connectivity index (χ0v) is 60.6. The van der Waals surface area contributed by atoms with Crippen LogP contribution in [0.4, 0.5) is 0 Å². The van der Waals surface area contributed by atoms with Crippen molar-refractivity contribution in [2.24, 2.45) is 23.7 Å². The lowest BCUT2D eigenvalue weighted by Crippen LogP contribution is -2.30. The Morgan fingerprint density at radius 2 is 0.533 bits per heavy atom. The number of hydrogen-bond donors (Lipinski definition) is 3. The summed E-state index contributed by atoms with van der Waals surface area (Å²) in [6, 6.07) is 0. The van der Waals surface area contributed by atoms with Crippen LogP contribution in [-0.2, 0) is 65.4 Å². The molecular weight excluding hydrogens is 1190 g/mol. The molecule has 17 nitrogen and oxygen atoms in total. The monoisotopic (exact) mass is 1320 g/mol. The molecule has 4 unspecified atom stereocenters. The van der Waals surface area contributed by atoms with Crippen LogP contribution in [0.5, 0.6) is 0 Å². The number of carbonyl (C=O) groups excluding carboxylic acids is 4. The number of phosphoric ester groups is 2. The third-order valence-electron chi connectivity index (χ3n) is 17.0. The van der Waals surface area contributed by atoms with E-state index in [-0.39, 0.29) is 25.7 Å². The van der Waals surface area contributed by atoms with Gasteiger partial charge in [-0.2, -0.15) is 0 Å². The van der Waals surface area contributed by atoms with Crippen molar-refractivity contribution in [3.8, 4) is 0 Å². The van der Waals surface area contributed by atoms with Crippen molar-refractivity contribution in [3.63, 3.8) is 0 Å². The molecule has 19 heteroatoms. The number of rotatable bonds is 68. The van der Waals surface area contributed by atoms with Gasteiger partial charge in [0.1, 0.15) is 19.3 Å². The van der Waals surface area contributed by atoms with Gasteiger partial charge in [0.05, 0.1) is 26.4 Å². The standard InChI is InChI=1S/C71H138O17P2/c1-9-63(7)49-41-33-25-21-22-28-38-46-54-71(76)88-67(58-82-69(74)52-44-36-30-29-34-42-50-64(8)10-2)60-86-90(79,80)84-56-65(72)55-83-89(77,78)85-59-66(57-81-68(73)51-43-35-26-19-16-15-18-24-32-40-48-62(5)6)87-70(75)53-45-37-27-20-14-12-11-13-17-23-31-39-47-61(3)4/h61-67,72H,9-60H2,1-8H3,(H,77,78)(H,79,80)/t63?,64?,65-,66-,67-/m1/s1. The molecule has 0 aliphatic rings. The fourth-order valence-corrected chi connectivity index (χ4v) is 12.2. The third-order valence-corrected chi connectivity index (χ3v) is 18.9. The van der Waals surface area contributed by atoms with Crippen LogP contribution in [0.15, 0.2) is 0 Å². The first kappa shape index (κ1) is 88.1. The Morgan fingerprint density at radius 3 is 0.789 bits per heavy atom. The minimum atomic E-state index is -4.95. The lowest BCUT2D eigenvalue weighted by atomic mass is 9.99. The van der Waals surface area contributed by atoms with E-state index in [9.17, 15) is 43.2 Å². The summed E-state index contributed by atoms with van der Waals surface area (Å²) in [6.07, 6.45) is 43.0. The summed E-state index contributed by atoms with van der Waals surface area (Å²) in [5, 5.41) is 10.6. The molecule has 0 spiro atoms. The Hall–Kier alpha value is -1.94. The van der Waals surface area contributed by atoms with Gasteiger partial charge < -0.3 is 33.8 Å². The summed E-state index contributed by atoms with van der Waals surface area (Å²) in [6.45, 7) is 14.1. The van der Waals surface area contributed by atoms with Gasteiger partial charge in [-0.25, -0.2) is 9.13 Å². The van der Waals surface area contributed by atoms with Crippen LogP contribution in [0.3, 0.4) is 0 Å². The maximum absolute atomic E-state index is 13.0. The van der Waals surface area contributed by atoms with Crippen LogP contribution >= 0.6 is 15.6 Å². The van der Waals surface area contributed by atoms with E-state index >= 15 is 0 Å². The van der Waals surface area contributed by atoms with E-state index in [1.54, 1.807) is 0 Å². The molecule has 0 aromatic rings. The first-order chi connectivity index (χ1) is 43.2. The Morgan fingerprint density at radius 1 is 0.311 bits per heavy atom. The van der Waals surface area contributed by atoms with E-state index in [4.69, 9.17) is 37.0 Å².